The summed E-state index contributed by atoms with van der Waals surface area (Å²) in [6.45, 7) is 4.33. The first-order chi connectivity index (χ1) is 7.50. The molecule has 0 heterocycles. The van der Waals surface area contributed by atoms with Crippen molar-refractivity contribution in [3.8, 4) is 0 Å². The number of hydrogen-bond acceptors (Lipinski definition) is 2. The number of rotatable bonds is 5. The Labute approximate surface area is 108 Å². The maximum atomic E-state index is 10.7. The van der Waals surface area contributed by atoms with Gasteiger partial charge in [0.05, 0.1) is 5.56 Å². The van der Waals surface area contributed by atoms with Gasteiger partial charge in [0, 0.05) is 6.04 Å². The normalized spacial score (nSPS) is 12.0. The molecule has 0 aromatic heterocycles. The molecule has 0 bridgehead atoms. The molecule has 96 valence electrons. The fourth-order valence-electron chi connectivity index (χ4n) is 1.55. The van der Waals surface area contributed by atoms with Crippen molar-refractivity contribution < 1.29 is 9.90 Å². The molecule has 1 aromatic carbocycles. The van der Waals surface area contributed by atoms with Crippen LogP contribution in [0.25, 0.3) is 0 Å². The number of nitrogens with two attached hydrogens (primary N) is 1. The van der Waals surface area contributed by atoms with Gasteiger partial charge in [-0.3, -0.25) is 0 Å². The molecule has 0 aliphatic carbocycles. The van der Waals surface area contributed by atoms with E-state index in [1.165, 1.54) is 0 Å². The van der Waals surface area contributed by atoms with Crippen molar-refractivity contribution in [1.29, 1.82) is 0 Å². The molecule has 0 saturated carbocycles. The lowest BCUT2D eigenvalue weighted by molar-refractivity contribution is 0.0697. The zero-order valence-electron chi connectivity index (χ0n) is 10.2. The van der Waals surface area contributed by atoms with Crippen LogP contribution in [0.2, 0.25) is 0 Å². The smallest absolute Gasteiger partial charge is 0.335 e. The van der Waals surface area contributed by atoms with E-state index >= 15 is 0 Å². The summed E-state index contributed by atoms with van der Waals surface area (Å²) in [7, 11) is 0. The molecule has 0 amide bonds. The van der Waals surface area contributed by atoms with Crippen LogP contribution in [-0.4, -0.2) is 11.1 Å². The van der Waals surface area contributed by atoms with Crippen LogP contribution in [0.4, 0.5) is 0 Å². The Morgan fingerprint density at radius 3 is 2.18 bits per heavy atom. The monoisotopic (exact) mass is 257 g/mol. The van der Waals surface area contributed by atoms with Gasteiger partial charge >= 0.3 is 5.97 Å². The number of benzene rings is 1. The molecule has 1 aromatic rings. The van der Waals surface area contributed by atoms with Gasteiger partial charge in [0.15, 0.2) is 0 Å². The minimum absolute atomic E-state index is 0. The van der Waals surface area contributed by atoms with E-state index in [1.807, 2.05) is 0 Å². The van der Waals surface area contributed by atoms with Crippen molar-refractivity contribution in [3.63, 3.8) is 0 Å². The lowest BCUT2D eigenvalue weighted by atomic mass is 9.98. The van der Waals surface area contributed by atoms with Crippen LogP contribution in [0.3, 0.4) is 0 Å². The van der Waals surface area contributed by atoms with Gasteiger partial charge in [-0.15, -0.1) is 12.4 Å². The van der Waals surface area contributed by atoms with Crippen LogP contribution in [0, 0.1) is 5.92 Å². The van der Waals surface area contributed by atoms with Crippen LogP contribution >= 0.6 is 12.4 Å². The Bertz CT molecular complexity index is 349. The van der Waals surface area contributed by atoms with Gasteiger partial charge in [-0.05, 0) is 36.5 Å². The van der Waals surface area contributed by atoms with Crippen LogP contribution in [0.5, 0.6) is 0 Å². The van der Waals surface area contributed by atoms with E-state index in [0.29, 0.717) is 11.5 Å². The fraction of sp³-hybridized carbons (Fsp3) is 0.462. The SMILES string of the molecule is CC(C)CC[C@H](N)c1ccc(C(=O)O)cc1.Cl. The molecule has 0 aliphatic heterocycles. The molecule has 4 heteroatoms. The first-order valence-electron chi connectivity index (χ1n) is 5.59. The molecule has 1 rings (SSSR count). The third-order valence-corrected chi connectivity index (χ3v) is 2.64. The average molecular weight is 258 g/mol. The van der Waals surface area contributed by atoms with E-state index in [9.17, 15) is 4.79 Å². The zero-order chi connectivity index (χ0) is 12.1. The molecule has 0 fully saturated rings. The second-order valence-corrected chi connectivity index (χ2v) is 4.50. The highest BCUT2D eigenvalue weighted by Gasteiger charge is 2.08. The number of carboxylic acid groups (broad SMARTS) is 1. The van der Waals surface area contributed by atoms with E-state index in [4.69, 9.17) is 10.8 Å². The lowest BCUT2D eigenvalue weighted by Gasteiger charge is -2.13. The molecular formula is C13H20ClNO2. The van der Waals surface area contributed by atoms with Crippen LogP contribution in [0.1, 0.15) is 48.7 Å². The molecule has 0 saturated heterocycles. The van der Waals surface area contributed by atoms with Crippen molar-refractivity contribution >= 4 is 18.4 Å². The summed E-state index contributed by atoms with van der Waals surface area (Å²) in [6, 6.07) is 6.81. The Balaban J connectivity index is 0.00000256. The Morgan fingerprint density at radius 1 is 1.24 bits per heavy atom. The molecule has 17 heavy (non-hydrogen) atoms. The molecule has 3 nitrogen and oxygen atoms in total. The first-order valence-corrected chi connectivity index (χ1v) is 5.59. The van der Waals surface area contributed by atoms with E-state index in [0.717, 1.165) is 18.4 Å². The molecular weight excluding hydrogens is 238 g/mol. The highest BCUT2D eigenvalue weighted by atomic mass is 35.5. The number of carbonyl (C=O) groups is 1. The quantitative estimate of drug-likeness (QED) is 0.851. The highest BCUT2D eigenvalue weighted by molar-refractivity contribution is 5.87. The summed E-state index contributed by atoms with van der Waals surface area (Å²) >= 11 is 0. The molecule has 0 aliphatic rings. The average Bonchev–Trinajstić information content (AvgIpc) is 2.26. The van der Waals surface area contributed by atoms with E-state index in [-0.39, 0.29) is 18.4 Å². The largest absolute Gasteiger partial charge is 0.478 e. The van der Waals surface area contributed by atoms with Crippen molar-refractivity contribution in [2.24, 2.45) is 11.7 Å². The summed E-state index contributed by atoms with van der Waals surface area (Å²) in [5.41, 5.74) is 7.33. The number of carboxylic acids is 1. The molecule has 3 N–H and O–H groups in total. The van der Waals surface area contributed by atoms with Crippen LogP contribution in [0.15, 0.2) is 24.3 Å². The van der Waals surface area contributed by atoms with E-state index in [2.05, 4.69) is 13.8 Å². The van der Waals surface area contributed by atoms with Gasteiger partial charge in [-0.1, -0.05) is 26.0 Å². The van der Waals surface area contributed by atoms with E-state index in [1.54, 1.807) is 24.3 Å². The highest BCUT2D eigenvalue weighted by Crippen LogP contribution is 2.19. The predicted octanol–water partition coefficient (Wildman–Crippen LogP) is 3.24. The predicted molar refractivity (Wildman–Crippen MR) is 71.6 cm³/mol. The van der Waals surface area contributed by atoms with E-state index < -0.39 is 5.97 Å². The van der Waals surface area contributed by atoms with Gasteiger partial charge in [-0.2, -0.15) is 0 Å². The van der Waals surface area contributed by atoms with Gasteiger partial charge in [0.1, 0.15) is 0 Å². The Kier molecular flexibility index (Phi) is 6.85. The fourth-order valence-corrected chi connectivity index (χ4v) is 1.55. The number of hydrogen-bond donors (Lipinski definition) is 2. The Hall–Kier alpha value is -1.06. The van der Waals surface area contributed by atoms with Crippen molar-refractivity contribution in [2.75, 3.05) is 0 Å². The van der Waals surface area contributed by atoms with Gasteiger partial charge in [-0.25, -0.2) is 4.79 Å². The summed E-state index contributed by atoms with van der Waals surface area (Å²) in [5.74, 6) is -0.258. The second-order valence-electron chi connectivity index (χ2n) is 4.50. The van der Waals surface area contributed by atoms with Crippen LogP contribution < -0.4 is 5.73 Å². The van der Waals surface area contributed by atoms with Crippen LogP contribution in [-0.2, 0) is 0 Å². The first kappa shape index (κ1) is 15.9. The zero-order valence-corrected chi connectivity index (χ0v) is 11.0. The van der Waals surface area contributed by atoms with Crippen molar-refractivity contribution in [3.05, 3.63) is 35.4 Å². The summed E-state index contributed by atoms with van der Waals surface area (Å²) in [4.78, 5) is 10.7. The Morgan fingerprint density at radius 2 is 1.76 bits per heavy atom. The molecule has 0 radical (unpaired) electrons. The maximum Gasteiger partial charge on any atom is 0.335 e. The van der Waals surface area contributed by atoms with Gasteiger partial charge in [0.25, 0.3) is 0 Å². The molecule has 1 atom stereocenters. The third kappa shape index (κ3) is 5.20. The second kappa shape index (κ2) is 7.30. The third-order valence-electron chi connectivity index (χ3n) is 2.64. The standard InChI is InChI=1S/C13H19NO2.ClH/c1-9(2)3-8-12(14)10-4-6-11(7-5-10)13(15)16;/h4-7,9,12H,3,8,14H2,1-2H3,(H,15,16);1H/t12-;/m0./s1. The summed E-state index contributed by atoms with van der Waals surface area (Å²) in [5, 5.41) is 8.76. The van der Waals surface area contributed by atoms with Crippen molar-refractivity contribution in [1.82, 2.24) is 0 Å². The lowest BCUT2D eigenvalue weighted by Crippen LogP contribution is -2.11. The number of aromatic carboxylic acids is 1. The topological polar surface area (TPSA) is 63.3 Å². The minimum atomic E-state index is -0.901. The van der Waals surface area contributed by atoms with Gasteiger partial charge in [0.2, 0.25) is 0 Å². The summed E-state index contributed by atoms with van der Waals surface area (Å²) < 4.78 is 0. The van der Waals surface area contributed by atoms with Gasteiger partial charge < -0.3 is 10.8 Å². The maximum absolute atomic E-state index is 10.7. The summed E-state index contributed by atoms with van der Waals surface area (Å²) in [6.07, 6.45) is 2.02. The van der Waals surface area contributed by atoms with Crippen molar-refractivity contribution in [2.45, 2.75) is 32.7 Å². The number of halogens is 1. The molecule has 0 unspecified atom stereocenters. The minimum Gasteiger partial charge on any atom is -0.478 e. The molecule has 0 spiro atoms.